The standard InChI is InChI=1S/C15H23FN2O4S/c1-17(2)23(20,21)10-12-8-18(9-15(12)19)7-11-6-13(22-3)4-5-14(11)16/h4-6,12,15,19H,7-10H2,1-3H3/t12-,15+/m0/s1. The number of rotatable bonds is 6. The van der Waals surface area contributed by atoms with Crippen molar-refractivity contribution in [2.75, 3.05) is 40.0 Å². The second-order valence-electron chi connectivity index (χ2n) is 6.04. The van der Waals surface area contributed by atoms with Gasteiger partial charge in [0.1, 0.15) is 11.6 Å². The average molecular weight is 346 g/mol. The van der Waals surface area contributed by atoms with Crippen LogP contribution in [0.25, 0.3) is 0 Å². The highest BCUT2D eigenvalue weighted by Gasteiger charge is 2.35. The molecule has 1 aromatic carbocycles. The van der Waals surface area contributed by atoms with Gasteiger partial charge in [0.2, 0.25) is 10.0 Å². The predicted molar refractivity (Wildman–Crippen MR) is 85.2 cm³/mol. The molecule has 0 aromatic heterocycles. The summed E-state index contributed by atoms with van der Waals surface area (Å²) < 4.78 is 44.0. The van der Waals surface area contributed by atoms with E-state index in [-0.39, 0.29) is 17.5 Å². The quantitative estimate of drug-likeness (QED) is 0.813. The maximum absolute atomic E-state index is 13.9. The van der Waals surface area contributed by atoms with Crippen LogP contribution in [0.3, 0.4) is 0 Å². The molecule has 2 rings (SSSR count). The number of aliphatic hydroxyl groups excluding tert-OH is 1. The number of hydrogen-bond donors (Lipinski definition) is 1. The Morgan fingerprint density at radius 1 is 1.39 bits per heavy atom. The summed E-state index contributed by atoms with van der Waals surface area (Å²) in [5, 5.41) is 10.1. The smallest absolute Gasteiger partial charge is 0.214 e. The van der Waals surface area contributed by atoms with Crippen molar-refractivity contribution in [1.29, 1.82) is 0 Å². The van der Waals surface area contributed by atoms with Gasteiger partial charge >= 0.3 is 0 Å². The lowest BCUT2D eigenvalue weighted by molar-refractivity contribution is 0.148. The van der Waals surface area contributed by atoms with E-state index in [4.69, 9.17) is 4.74 Å². The number of likely N-dealkylation sites (tertiary alicyclic amines) is 1. The number of hydrogen-bond acceptors (Lipinski definition) is 5. The normalized spacial score (nSPS) is 22.7. The Kier molecular flexibility index (Phi) is 5.61. The lowest BCUT2D eigenvalue weighted by atomic mass is 10.1. The Balaban J connectivity index is 2.04. The number of halogens is 1. The van der Waals surface area contributed by atoms with Crippen molar-refractivity contribution in [3.63, 3.8) is 0 Å². The molecule has 0 spiro atoms. The van der Waals surface area contributed by atoms with Crippen LogP contribution in [0.4, 0.5) is 4.39 Å². The number of aliphatic hydroxyl groups is 1. The van der Waals surface area contributed by atoms with Gasteiger partial charge in [-0.15, -0.1) is 0 Å². The molecule has 23 heavy (non-hydrogen) atoms. The molecule has 1 fully saturated rings. The van der Waals surface area contributed by atoms with Crippen LogP contribution in [-0.2, 0) is 16.6 Å². The molecule has 0 amide bonds. The first-order chi connectivity index (χ1) is 10.7. The Bertz CT molecular complexity index is 651. The lowest BCUT2D eigenvalue weighted by Crippen LogP contribution is -2.33. The summed E-state index contributed by atoms with van der Waals surface area (Å²) >= 11 is 0. The second-order valence-corrected chi connectivity index (χ2v) is 8.27. The van der Waals surface area contributed by atoms with Gasteiger partial charge in [-0.25, -0.2) is 17.1 Å². The van der Waals surface area contributed by atoms with Gasteiger partial charge in [-0.1, -0.05) is 0 Å². The Morgan fingerprint density at radius 3 is 2.70 bits per heavy atom. The van der Waals surface area contributed by atoms with Crippen molar-refractivity contribution in [3.8, 4) is 5.75 Å². The van der Waals surface area contributed by atoms with Crippen molar-refractivity contribution in [1.82, 2.24) is 9.21 Å². The Morgan fingerprint density at radius 2 is 2.09 bits per heavy atom. The van der Waals surface area contributed by atoms with Gasteiger partial charge in [0.15, 0.2) is 0 Å². The number of benzene rings is 1. The third kappa shape index (κ3) is 4.41. The molecule has 1 heterocycles. The van der Waals surface area contributed by atoms with Gasteiger partial charge in [-0.2, -0.15) is 0 Å². The van der Waals surface area contributed by atoms with Crippen molar-refractivity contribution in [2.45, 2.75) is 12.6 Å². The summed E-state index contributed by atoms with van der Waals surface area (Å²) in [6, 6.07) is 4.50. The number of ether oxygens (including phenoxy) is 1. The molecule has 1 aliphatic rings. The van der Waals surface area contributed by atoms with E-state index >= 15 is 0 Å². The van der Waals surface area contributed by atoms with Gasteiger partial charge in [0.05, 0.1) is 19.0 Å². The summed E-state index contributed by atoms with van der Waals surface area (Å²) in [6.07, 6.45) is -0.738. The van der Waals surface area contributed by atoms with E-state index in [9.17, 15) is 17.9 Å². The van der Waals surface area contributed by atoms with Crippen LogP contribution in [0.15, 0.2) is 18.2 Å². The monoisotopic (exact) mass is 346 g/mol. The number of sulfonamides is 1. The average Bonchev–Trinajstić information content (AvgIpc) is 2.80. The number of nitrogens with zero attached hydrogens (tertiary/aromatic N) is 2. The van der Waals surface area contributed by atoms with Crippen molar-refractivity contribution in [3.05, 3.63) is 29.6 Å². The van der Waals surface area contributed by atoms with E-state index in [1.807, 2.05) is 4.90 Å². The zero-order chi connectivity index (χ0) is 17.2. The molecule has 2 atom stereocenters. The third-order valence-corrected chi connectivity index (χ3v) is 6.07. The van der Waals surface area contributed by atoms with Crippen LogP contribution in [0.5, 0.6) is 5.75 Å². The molecule has 1 saturated heterocycles. The number of methoxy groups -OCH3 is 1. The molecule has 130 valence electrons. The summed E-state index contributed by atoms with van der Waals surface area (Å²) in [5.41, 5.74) is 0.465. The molecule has 6 nitrogen and oxygen atoms in total. The van der Waals surface area contributed by atoms with Gasteiger partial charge in [-0.05, 0) is 18.2 Å². The van der Waals surface area contributed by atoms with Crippen LogP contribution < -0.4 is 4.74 Å². The first-order valence-corrected chi connectivity index (χ1v) is 8.97. The van der Waals surface area contributed by atoms with Crippen molar-refractivity contribution in [2.24, 2.45) is 5.92 Å². The zero-order valence-electron chi connectivity index (χ0n) is 13.6. The highest BCUT2D eigenvalue weighted by atomic mass is 32.2. The van der Waals surface area contributed by atoms with Crippen molar-refractivity contribution < 1.29 is 22.7 Å². The maximum Gasteiger partial charge on any atom is 0.214 e. The molecular formula is C15H23FN2O4S. The summed E-state index contributed by atoms with van der Waals surface area (Å²) in [4.78, 5) is 1.86. The lowest BCUT2D eigenvalue weighted by Gasteiger charge is -2.18. The largest absolute Gasteiger partial charge is 0.497 e. The molecule has 0 radical (unpaired) electrons. The first kappa shape index (κ1) is 18.1. The van der Waals surface area contributed by atoms with E-state index in [2.05, 4.69) is 0 Å². The van der Waals surface area contributed by atoms with Gasteiger partial charge in [-0.3, -0.25) is 4.90 Å². The minimum atomic E-state index is -3.38. The molecule has 1 N–H and O–H groups in total. The summed E-state index contributed by atoms with van der Waals surface area (Å²) in [7, 11) is 1.08. The van der Waals surface area contributed by atoms with E-state index in [0.29, 0.717) is 30.9 Å². The van der Waals surface area contributed by atoms with Crippen LogP contribution in [0.1, 0.15) is 5.56 Å². The fourth-order valence-electron chi connectivity index (χ4n) is 2.69. The SMILES string of the molecule is COc1ccc(F)c(CN2C[C@@H](CS(=O)(=O)N(C)C)[C@H](O)C2)c1. The van der Waals surface area contributed by atoms with E-state index in [0.717, 1.165) is 4.31 Å². The van der Waals surface area contributed by atoms with Gasteiger partial charge in [0.25, 0.3) is 0 Å². The third-order valence-electron chi connectivity index (χ3n) is 4.11. The van der Waals surface area contributed by atoms with Gasteiger partial charge < -0.3 is 9.84 Å². The highest BCUT2D eigenvalue weighted by molar-refractivity contribution is 7.89. The minimum Gasteiger partial charge on any atom is -0.497 e. The molecular weight excluding hydrogens is 323 g/mol. The Hall–Kier alpha value is -1.22. The van der Waals surface area contributed by atoms with E-state index < -0.39 is 16.1 Å². The van der Waals surface area contributed by atoms with Crippen LogP contribution in [-0.4, -0.2) is 68.9 Å². The van der Waals surface area contributed by atoms with E-state index in [1.54, 1.807) is 12.1 Å². The zero-order valence-corrected chi connectivity index (χ0v) is 14.4. The molecule has 0 bridgehead atoms. The van der Waals surface area contributed by atoms with Crippen LogP contribution in [0, 0.1) is 11.7 Å². The van der Waals surface area contributed by atoms with Crippen molar-refractivity contribution >= 4 is 10.0 Å². The molecule has 1 aromatic rings. The predicted octanol–water partition coefficient (Wildman–Crippen LogP) is 0.518. The molecule has 1 aliphatic heterocycles. The summed E-state index contributed by atoms with van der Waals surface area (Å²) in [6.45, 7) is 1.04. The fraction of sp³-hybridized carbons (Fsp3) is 0.600. The fourth-order valence-corrected chi connectivity index (χ4v) is 3.86. The van der Waals surface area contributed by atoms with Gasteiger partial charge in [0, 0.05) is 45.2 Å². The minimum absolute atomic E-state index is 0.113. The Labute approximate surface area is 136 Å². The molecule has 0 aliphatic carbocycles. The summed E-state index contributed by atoms with van der Waals surface area (Å²) in [5.74, 6) is -0.272. The molecule has 8 heteroatoms. The molecule has 0 saturated carbocycles. The highest BCUT2D eigenvalue weighted by Crippen LogP contribution is 2.24. The van der Waals surface area contributed by atoms with E-state index in [1.165, 1.54) is 27.3 Å². The number of β-amino-alcohol motifs (C(OH)–C–C–N with tert-alkyl or cyclic N) is 1. The topological polar surface area (TPSA) is 70.1 Å². The maximum atomic E-state index is 13.9. The van der Waals surface area contributed by atoms with Crippen LogP contribution in [0.2, 0.25) is 0 Å². The second kappa shape index (κ2) is 7.12. The molecule has 0 unspecified atom stereocenters. The first-order valence-electron chi connectivity index (χ1n) is 7.36. The van der Waals surface area contributed by atoms with Crippen LogP contribution >= 0.6 is 0 Å².